The number of nitrogens with zero attached hydrogens (tertiary/aromatic N) is 1. The van der Waals surface area contributed by atoms with E-state index in [1.165, 1.54) is 30.9 Å². The van der Waals surface area contributed by atoms with Crippen molar-refractivity contribution in [2.75, 3.05) is 24.1 Å². The summed E-state index contributed by atoms with van der Waals surface area (Å²) in [5, 5.41) is 10.9. The van der Waals surface area contributed by atoms with Crippen LogP contribution in [0.1, 0.15) is 43.2 Å². The fraction of sp³-hybridized carbons (Fsp3) is 0.367. The van der Waals surface area contributed by atoms with E-state index >= 15 is 0 Å². The molecule has 0 unspecified atom stereocenters. The third kappa shape index (κ3) is 9.04. The maximum atomic E-state index is 12.0. The Balaban J connectivity index is 1.39. The third-order valence-corrected chi connectivity index (χ3v) is 7.04. The van der Waals surface area contributed by atoms with Gasteiger partial charge in [-0.2, -0.15) is 0 Å². The second-order valence-electron chi connectivity index (χ2n) is 9.76. The van der Waals surface area contributed by atoms with Crippen LogP contribution in [-0.4, -0.2) is 43.9 Å². The standard InChI is InChI=1S/C30H37N2O5S/c1-38(34,35)31-29-19-28(17-18-30(29)37-22-25-13-7-3-8-14-25)36-23-27(33)21-32(26-15-9-4-10-16-26)20-24-11-5-2-6-12-24/h2-3,5-8,11-14,17-19,27,31,33H,4,9-10,15-16,20-23H2,1H3/t27-/m0/s1. The Bertz CT molecular complexity index is 1230. The molecule has 1 radical (unpaired) electrons. The van der Waals surface area contributed by atoms with Crippen LogP contribution in [0.25, 0.3) is 0 Å². The van der Waals surface area contributed by atoms with E-state index in [4.69, 9.17) is 9.47 Å². The maximum Gasteiger partial charge on any atom is 0.229 e. The summed E-state index contributed by atoms with van der Waals surface area (Å²) < 4.78 is 38.2. The second kappa shape index (κ2) is 13.6. The topological polar surface area (TPSA) is 88.1 Å². The third-order valence-electron chi connectivity index (χ3n) is 6.45. The SMILES string of the molecule is CS(=O)(=O)Nc1cc(OC[C@@H](O)CN(Cc2ccccc2)[C]2CCCCC2)ccc1OCc1ccccc1. The molecule has 0 bridgehead atoms. The summed E-state index contributed by atoms with van der Waals surface area (Å²) in [4.78, 5) is 2.29. The summed E-state index contributed by atoms with van der Waals surface area (Å²) in [6, 6.07) is 26.3. The summed E-state index contributed by atoms with van der Waals surface area (Å²) in [5.41, 5.74) is 2.47. The highest BCUT2D eigenvalue weighted by atomic mass is 32.2. The van der Waals surface area contributed by atoms with Crippen LogP contribution in [0.3, 0.4) is 0 Å². The van der Waals surface area contributed by atoms with Gasteiger partial charge in [0.15, 0.2) is 0 Å². The van der Waals surface area contributed by atoms with Gasteiger partial charge >= 0.3 is 0 Å². The van der Waals surface area contributed by atoms with Crippen molar-refractivity contribution in [3.63, 3.8) is 0 Å². The van der Waals surface area contributed by atoms with E-state index in [0.29, 0.717) is 30.3 Å². The number of hydrogen-bond donors (Lipinski definition) is 2. The van der Waals surface area contributed by atoms with Gasteiger partial charge in [-0.15, -0.1) is 0 Å². The first-order valence-corrected chi connectivity index (χ1v) is 15.0. The zero-order valence-corrected chi connectivity index (χ0v) is 22.7. The average molecular weight is 538 g/mol. The quantitative estimate of drug-likeness (QED) is 0.305. The molecule has 0 aliphatic heterocycles. The normalized spacial score (nSPS) is 15.2. The summed E-state index contributed by atoms with van der Waals surface area (Å²) in [5.74, 6) is 0.845. The lowest BCUT2D eigenvalue weighted by Crippen LogP contribution is -2.38. The van der Waals surface area contributed by atoms with Crippen molar-refractivity contribution in [1.82, 2.24) is 4.90 Å². The lowest BCUT2D eigenvalue weighted by Gasteiger charge is -2.35. The van der Waals surface area contributed by atoms with Crippen LogP contribution in [0.15, 0.2) is 78.9 Å². The van der Waals surface area contributed by atoms with Gasteiger partial charge in [0.2, 0.25) is 10.0 Å². The van der Waals surface area contributed by atoms with Gasteiger partial charge in [-0.05, 0) is 36.1 Å². The highest BCUT2D eigenvalue weighted by Crippen LogP contribution is 2.32. The molecule has 4 rings (SSSR count). The molecular weight excluding hydrogens is 500 g/mol. The van der Waals surface area contributed by atoms with Gasteiger partial charge in [-0.3, -0.25) is 9.62 Å². The average Bonchev–Trinajstić information content (AvgIpc) is 2.92. The predicted molar refractivity (Wildman–Crippen MR) is 150 cm³/mol. The summed E-state index contributed by atoms with van der Waals surface area (Å²) in [6.45, 7) is 1.61. The number of aliphatic hydroxyl groups excluding tert-OH is 1. The second-order valence-corrected chi connectivity index (χ2v) is 11.5. The van der Waals surface area contributed by atoms with E-state index in [2.05, 4.69) is 21.8 Å². The van der Waals surface area contributed by atoms with Crippen LogP contribution in [0.4, 0.5) is 5.69 Å². The van der Waals surface area contributed by atoms with Crippen LogP contribution < -0.4 is 14.2 Å². The molecule has 203 valence electrons. The highest BCUT2D eigenvalue weighted by molar-refractivity contribution is 7.92. The van der Waals surface area contributed by atoms with Gasteiger partial charge in [-0.25, -0.2) is 8.42 Å². The maximum absolute atomic E-state index is 12.0. The fourth-order valence-electron chi connectivity index (χ4n) is 4.62. The summed E-state index contributed by atoms with van der Waals surface area (Å²) in [7, 11) is -3.53. The Morgan fingerprint density at radius 3 is 2.21 bits per heavy atom. The minimum Gasteiger partial charge on any atom is -0.491 e. The van der Waals surface area contributed by atoms with Crippen molar-refractivity contribution in [2.45, 2.75) is 51.4 Å². The Morgan fingerprint density at radius 2 is 1.55 bits per heavy atom. The number of benzene rings is 3. The first kappa shape index (κ1) is 28.0. The van der Waals surface area contributed by atoms with E-state index < -0.39 is 16.1 Å². The van der Waals surface area contributed by atoms with Gasteiger partial charge < -0.3 is 14.6 Å². The first-order chi connectivity index (χ1) is 18.4. The van der Waals surface area contributed by atoms with E-state index in [0.717, 1.165) is 31.2 Å². The number of rotatable bonds is 13. The lowest BCUT2D eigenvalue weighted by molar-refractivity contribution is 0.0626. The molecule has 1 aliphatic rings. The van der Waals surface area contributed by atoms with E-state index in [1.54, 1.807) is 18.2 Å². The Labute approximate surface area is 226 Å². The largest absolute Gasteiger partial charge is 0.491 e. The van der Waals surface area contributed by atoms with Crippen LogP contribution in [0.2, 0.25) is 0 Å². The Hall–Kier alpha value is -3.07. The highest BCUT2D eigenvalue weighted by Gasteiger charge is 2.24. The van der Waals surface area contributed by atoms with Crippen molar-refractivity contribution < 1.29 is 23.0 Å². The first-order valence-electron chi connectivity index (χ1n) is 13.1. The number of anilines is 1. The lowest BCUT2D eigenvalue weighted by atomic mass is 9.93. The molecule has 0 heterocycles. The molecule has 38 heavy (non-hydrogen) atoms. The van der Waals surface area contributed by atoms with Gasteiger partial charge in [0, 0.05) is 25.2 Å². The molecule has 3 aromatic rings. The molecular formula is C30H37N2O5S. The van der Waals surface area contributed by atoms with Crippen molar-refractivity contribution in [2.24, 2.45) is 0 Å². The zero-order chi connectivity index (χ0) is 26.8. The van der Waals surface area contributed by atoms with Crippen molar-refractivity contribution in [3.8, 4) is 11.5 Å². The van der Waals surface area contributed by atoms with Gasteiger partial charge in [-0.1, -0.05) is 79.9 Å². The van der Waals surface area contributed by atoms with Crippen molar-refractivity contribution >= 4 is 15.7 Å². The van der Waals surface area contributed by atoms with E-state index in [-0.39, 0.29) is 6.61 Å². The van der Waals surface area contributed by atoms with E-state index in [1.807, 2.05) is 48.5 Å². The van der Waals surface area contributed by atoms with Crippen LogP contribution in [-0.2, 0) is 23.2 Å². The van der Waals surface area contributed by atoms with Crippen molar-refractivity contribution in [1.29, 1.82) is 0 Å². The molecule has 0 saturated heterocycles. The molecule has 0 aromatic heterocycles. The molecule has 1 atom stereocenters. The van der Waals surface area contributed by atoms with Crippen LogP contribution >= 0.6 is 0 Å². The van der Waals surface area contributed by atoms with Crippen molar-refractivity contribution in [3.05, 3.63) is 96.0 Å². The van der Waals surface area contributed by atoms with Crippen LogP contribution in [0.5, 0.6) is 11.5 Å². The molecule has 2 N–H and O–H groups in total. The van der Waals surface area contributed by atoms with Crippen LogP contribution in [0, 0.1) is 6.04 Å². The predicted octanol–water partition coefficient (Wildman–Crippen LogP) is 5.38. The minimum atomic E-state index is -3.53. The van der Waals surface area contributed by atoms with Gasteiger partial charge in [0.25, 0.3) is 0 Å². The fourth-order valence-corrected chi connectivity index (χ4v) is 5.18. The minimum absolute atomic E-state index is 0.0844. The number of aliphatic hydroxyl groups is 1. The smallest absolute Gasteiger partial charge is 0.229 e. The Morgan fingerprint density at radius 1 is 0.895 bits per heavy atom. The monoisotopic (exact) mass is 537 g/mol. The number of sulfonamides is 1. The molecule has 7 nitrogen and oxygen atoms in total. The molecule has 3 aromatic carbocycles. The molecule has 8 heteroatoms. The van der Waals surface area contributed by atoms with Gasteiger partial charge in [0.05, 0.1) is 11.9 Å². The summed E-state index contributed by atoms with van der Waals surface area (Å²) >= 11 is 0. The van der Waals surface area contributed by atoms with Gasteiger partial charge in [0.1, 0.15) is 30.8 Å². The Kier molecular flexibility index (Phi) is 10.0. The molecule has 1 aliphatic carbocycles. The number of ether oxygens (including phenoxy) is 2. The molecule has 1 saturated carbocycles. The molecule has 0 spiro atoms. The summed E-state index contributed by atoms with van der Waals surface area (Å²) in [6.07, 6.45) is 6.12. The zero-order valence-electron chi connectivity index (χ0n) is 21.9. The molecule has 0 amide bonds. The van der Waals surface area contributed by atoms with E-state index in [9.17, 15) is 13.5 Å². The molecule has 1 fully saturated rings. The number of nitrogens with one attached hydrogen (secondary N) is 1. The number of hydrogen-bond acceptors (Lipinski definition) is 6.